The molecule has 2 atom stereocenters. The topological polar surface area (TPSA) is 134 Å². The average molecular weight is 561 g/mol. The molecule has 0 amide bonds. The Labute approximate surface area is 221 Å². The summed E-state index contributed by atoms with van der Waals surface area (Å²) in [6, 6.07) is 11.4. The number of sulfonamides is 1. The van der Waals surface area contributed by atoms with Gasteiger partial charge in [0.25, 0.3) is 0 Å². The summed E-state index contributed by atoms with van der Waals surface area (Å²) >= 11 is 0. The van der Waals surface area contributed by atoms with Crippen LogP contribution in [-0.2, 0) is 16.2 Å². The summed E-state index contributed by atoms with van der Waals surface area (Å²) in [6.45, 7) is 1.60. The molecule has 3 aromatic heterocycles. The number of aliphatic hydroxyl groups excluding tert-OH is 1. The molecular formula is C25H23F3N6O4S. The number of nitrogens with zero attached hydrogens (tertiary/aromatic N) is 5. The van der Waals surface area contributed by atoms with E-state index in [-0.39, 0.29) is 30.2 Å². The fourth-order valence-electron chi connectivity index (χ4n) is 4.23. The molecule has 1 aliphatic rings. The monoisotopic (exact) mass is 560 g/mol. The third-order valence-corrected chi connectivity index (χ3v) is 8.19. The molecular weight excluding hydrogens is 537 g/mol. The summed E-state index contributed by atoms with van der Waals surface area (Å²) in [6.07, 6.45) is -3.06. The van der Waals surface area contributed by atoms with Gasteiger partial charge in [0.15, 0.2) is 0 Å². The van der Waals surface area contributed by atoms with Gasteiger partial charge in [0.2, 0.25) is 21.7 Å². The van der Waals surface area contributed by atoms with Crippen molar-refractivity contribution in [1.29, 1.82) is 0 Å². The van der Waals surface area contributed by atoms with Crippen molar-refractivity contribution in [3.05, 3.63) is 72.4 Å². The van der Waals surface area contributed by atoms with E-state index in [2.05, 4.69) is 25.4 Å². The Balaban J connectivity index is 1.25. The van der Waals surface area contributed by atoms with Crippen LogP contribution in [0.3, 0.4) is 0 Å². The van der Waals surface area contributed by atoms with Crippen LogP contribution in [0.1, 0.15) is 17.9 Å². The van der Waals surface area contributed by atoms with E-state index in [1.54, 1.807) is 37.4 Å². The van der Waals surface area contributed by atoms with Gasteiger partial charge in [-0.25, -0.2) is 13.4 Å². The molecule has 0 saturated carbocycles. The number of aliphatic hydroxyl groups is 1. The number of aromatic nitrogens is 4. The van der Waals surface area contributed by atoms with E-state index >= 15 is 0 Å². The molecule has 4 heterocycles. The van der Waals surface area contributed by atoms with Gasteiger partial charge in [-0.15, -0.1) is 0 Å². The number of aryl methyl sites for hydroxylation is 1. The maximum atomic E-state index is 13.3. The lowest BCUT2D eigenvalue weighted by Gasteiger charge is -2.35. The highest BCUT2D eigenvalue weighted by Gasteiger charge is 2.35. The van der Waals surface area contributed by atoms with Gasteiger partial charge in [-0.1, -0.05) is 17.3 Å². The fraction of sp³-hybridized carbons (Fsp3) is 0.280. The second-order valence-corrected chi connectivity index (χ2v) is 10.9. The molecule has 0 spiro atoms. The first-order chi connectivity index (χ1) is 18.5. The number of β-amino-alcohol motifs (C(OH)–C–C–N with tert-alkyl or cyclic N) is 1. The van der Waals surface area contributed by atoms with E-state index in [0.29, 0.717) is 23.6 Å². The van der Waals surface area contributed by atoms with Crippen molar-refractivity contribution >= 4 is 15.8 Å². The third kappa shape index (κ3) is 5.77. The Morgan fingerprint density at radius 2 is 1.85 bits per heavy atom. The number of pyridine rings is 2. The van der Waals surface area contributed by atoms with Crippen LogP contribution in [0.4, 0.5) is 19.0 Å². The van der Waals surface area contributed by atoms with E-state index in [1.165, 1.54) is 22.5 Å². The molecule has 1 aliphatic heterocycles. The Morgan fingerprint density at radius 1 is 1.08 bits per heavy atom. The van der Waals surface area contributed by atoms with Gasteiger partial charge in [-0.05, 0) is 53.9 Å². The molecule has 0 bridgehead atoms. The van der Waals surface area contributed by atoms with Crippen LogP contribution in [-0.4, -0.2) is 63.2 Å². The van der Waals surface area contributed by atoms with Crippen molar-refractivity contribution < 1.29 is 31.2 Å². The van der Waals surface area contributed by atoms with Gasteiger partial charge in [0, 0.05) is 32.4 Å². The Kier molecular flexibility index (Phi) is 7.09. The maximum Gasteiger partial charge on any atom is 0.417 e. The third-order valence-electron chi connectivity index (χ3n) is 6.31. The van der Waals surface area contributed by atoms with Gasteiger partial charge >= 0.3 is 6.18 Å². The second-order valence-electron chi connectivity index (χ2n) is 8.99. The van der Waals surface area contributed by atoms with Gasteiger partial charge in [0.05, 0.1) is 22.6 Å². The van der Waals surface area contributed by atoms with Crippen LogP contribution in [0.15, 0.2) is 70.3 Å². The highest BCUT2D eigenvalue weighted by molar-refractivity contribution is 7.89. The number of hydrogen-bond donors (Lipinski definition) is 2. The van der Waals surface area contributed by atoms with E-state index in [4.69, 9.17) is 4.52 Å². The van der Waals surface area contributed by atoms with Crippen molar-refractivity contribution in [2.75, 3.05) is 18.4 Å². The summed E-state index contributed by atoms with van der Waals surface area (Å²) in [5.41, 5.74) is 1.17. The molecule has 2 N–H and O–H groups in total. The minimum atomic E-state index is -4.50. The molecule has 5 rings (SSSR count). The first-order valence-corrected chi connectivity index (χ1v) is 13.3. The average Bonchev–Trinajstić information content (AvgIpc) is 3.36. The van der Waals surface area contributed by atoms with Gasteiger partial charge < -0.3 is 14.9 Å². The number of nitrogens with one attached hydrogen (secondary N) is 1. The van der Waals surface area contributed by atoms with Crippen molar-refractivity contribution in [2.24, 2.45) is 0 Å². The molecule has 0 radical (unpaired) electrons. The number of benzene rings is 1. The van der Waals surface area contributed by atoms with Gasteiger partial charge in [0.1, 0.15) is 11.5 Å². The second kappa shape index (κ2) is 10.4. The van der Waals surface area contributed by atoms with Crippen LogP contribution < -0.4 is 5.32 Å². The molecule has 10 nitrogen and oxygen atoms in total. The summed E-state index contributed by atoms with van der Waals surface area (Å²) in [5, 5.41) is 17.4. The molecule has 39 heavy (non-hydrogen) atoms. The van der Waals surface area contributed by atoms with E-state index in [0.717, 1.165) is 17.2 Å². The quantitative estimate of drug-likeness (QED) is 0.362. The van der Waals surface area contributed by atoms with Crippen LogP contribution in [0.25, 0.3) is 22.6 Å². The number of alkyl halides is 3. The van der Waals surface area contributed by atoms with Gasteiger partial charge in [-0.3, -0.25) is 4.98 Å². The summed E-state index contributed by atoms with van der Waals surface area (Å²) in [4.78, 5) is 12.2. The van der Waals surface area contributed by atoms with E-state index < -0.39 is 33.9 Å². The lowest BCUT2D eigenvalue weighted by molar-refractivity contribution is -0.137. The largest absolute Gasteiger partial charge is 0.417 e. The smallest absolute Gasteiger partial charge is 0.390 e. The first kappa shape index (κ1) is 26.7. The first-order valence-electron chi connectivity index (χ1n) is 11.9. The van der Waals surface area contributed by atoms with E-state index in [9.17, 15) is 26.7 Å². The normalized spacial score (nSPS) is 18.7. The minimum absolute atomic E-state index is 0.0670. The molecule has 1 fully saturated rings. The molecule has 1 aromatic carbocycles. The maximum absolute atomic E-state index is 13.3. The molecule has 4 aromatic rings. The Bertz CT molecular complexity index is 1560. The number of hydrogen-bond acceptors (Lipinski definition) is 9. The van der Waals surface area contributed by atoms with Crippen LogP contribution in [0.2, 0.25) is 0 Å². The van der Waals surface area contributed by atoms with E-state index in [1.807, 2.05) is 0 Å². The van der Waals surface area contributed by atoms with Crippen molar-refractivity contribution in [1.82, 2.24) is 24.4 Å². The lowest BCUT2D eigenvalue weighted by atomic mass is 10.0. The van der Waals surface area contributed by atoms with Crippen molar-refractivity contribution in [3.8, 4) is 22.6 Å². The highest BCUT2D eigenvalue weighted by Crippen LogP contribution is 2.30. The molecule has 0 unspecified atom stereocenters. The molecule has 0 aliphatic carbocycles. The van der Waals surface area contributed by atoms with Crippen LogP contribution in [0.5, 0.6) is 0 Å². The van der Waals surface area contributed by atoms with Crippen LogP contribution in [0, 0.1) is 6.92 Å². The number of anilines is 1. The Morgan fingerprint density at radius 3 is 2.46 bits per heavy atom. The van der Waals surface area contributed by atoms with Crippen molar-refractivity contribution in [2.45, 2.75) is 36.6 Å². The summed E-state index contributed by atoms with van der Waals surface area (Å²) in [7, 11) is -3.90. The zero-order valence-electron chi connectivity index (χ0n) is 20.5. The predicted octanol–water partition coefficient (Wildman–Crippen LogP) is 3.76. The molecule has 14 heteroatoms. The van der Waals surface area contributed by atoms with Gasteiger partial charge in [-0.2, -0.15) is 22.5 Å². The molecule has 1 saturated heterocycles. The van der Waals surface area contributed by atoms with Crippen LogP contribution >= 0.6 is 0 Å². The zero-order chi connectivity index (χ0) is 27.8. The number of piperidine rings is 1. The van der Waals surface area contributed by atoms with Crippen molar-refractivity contribution in [3.63, 3.8) is 0 Å². The highest BCUT2D eigenvalue weighted by atomic mass is 32.2. The lowest BCUT2D eigenvalue weighted by Crippen LogP contribution is -2.51. The number of rotatable bonds is 6. The minimum Gasteiger partial charge on any atom is -0.390 e. The standard InChI is InChI=1S/C25H23F3N6O4S/c1-15-31-24(33-38-15)21-12-17(8-10-29-21)16-2-5-19(6-3-16)39(36,37)34-11-9-20(22(35)14-34)32-23-7-4-18(13-30-23)25(26,27)28/h2-8,10,12-13,20,22,35H,9,11,14H2,1H3,(H,30,32)/t20-,22+/m1/s1. The predicted molar refractivity (Wildman–Crippen MR) is 134 cm³/mol. The summed E-state index contributed by atoms with van der Waals surface area (Å²) < 4.78 is 71.0. The fourth-order valence-corrected chi connectivity index (χ4v) is 5.70. The number of halogens is 3. The zero-order valence-corrected chi connectivity index (χ0v) is 21.3. The Hall–Kier alpha value is -3.88. The summed E-state index contributed by atoms with van der Waals surface area (Å²) in [5.74, 6) is 0.916. The molecule has 204 valence electrons. The SMILES string of the molecule is Cc1nc(-c2cc(-c3ccc(S(=O)(=O)N4CC[C@@H](Nc5ccc(C(F)(F)F)cn5)[C@@H](O)C4)cc3)ccn2)no1.